The summed E-state index contributed by atoms with van der Waals surface area (Å²) in [5, 5.41) is 3.28. The molecule has 2 aliphatic rings. The highest BCUT2D eigenvalue weighted by molar-refractivity contribution is 7.89. The molecular formula is C25H30ClN3O7S. The molecule has 2 heterocycles. The summed E-state index contributed by atoms with van der Waals surface area (Å²) in [5.41, 5.74) is 0.926. The monoisotopic (exact) mass is 551 g/mol. The number of piperazine rings is 1. The number of nitrogens with zero attached hydrogens (tertiary/aromatic N) is 2. The van der Waals surface area contributed by atoms with Gasteiger partial charge in [-0.1, -0.05) is 17.7 Å². The molecule has 10 nitrogen and oxygen atoms in total. The number of amides is 1. The molecule has 1 atom stereocenters. The highest BCUT2D eigenvalue weighted by atomic mass is 35.5. The standard InChI is InChI=1S/C25H30ClN3O7S/c1-34-22-8-7-18(25(31)36-17-24(30)27-16-21-6-3-13-35-21)14-23(22)37(32,33)29-11-9-28(10-12-29)20-5-2-4-19(26)15-20/h2,4-5,7-8,14-15,21H,3,6,9-13,16-17H2,1H3,(H,27,30)/t21-/m0/s1. The van der Waals surface area contributed by atoms with Gasteiger partial charge in [0.05, 0.1) is 18.8 Å². The molecule has 0 spiro atoms. The van der Waals surface area contributed by atoms with Crippen molar-refractivity contribution in [1.29, 1.82) is 0 Å². The molecule has 200 valence electrons. The number of halogens is 1. The first-order valence-corrected chi connectivity index (χ1v) is 13.8. The minimum Gasteiger partial charge on any atom is -0.495 e. The van der Waals surface area contributed by atoms with Gasteiger partial charge in [-0.3, -0.25) is 4.79 Å². The summed E-state index contributed by atoms with van der Waals surface area (Å²) in [5.74, 6) is -1.15. The van der Waals surface area contributed by atoms with E-state index < -0.39 is 28.5 Å². The number of anilines is 1. The van der Waals surface area contributed by atoms with E-state index in [-0.39, 0.29) is 35.4 Å². The molecule has 2 aromatic rings. The largest absolute Gasteiger partial charge is 0.495 e. The van der Waals surface area contributed by atoms with Crippen LogP contribution in [-0.2, 0) is 24.3 Å². The van der Waals surface area contributed by atoms with Crippen LogP contribution >= 0.6 is 11.6 Å². The Kier molecular flexibility index (Phi) is 8.91. The average molecular weight is 552 g/mol. The number of rotatable bonds is 9. The lowest BCUT2D eigenvalue weighted by Gasteiger charge is -2.35. The van der Waals surface area contributed by atoms with Crippen molar-refractivity contribution in [1.82, 2.24) is 9.62 Å². The average Bonchev–Trinajstić information content (AvgIpc) is 3.44. The molecule has 2 aromatic carbocycles. The number of sulfonamides is 1. The first kappa shape index (κ1) is 27.2. The van der Waals surface area contributed by atoms with Crippen molar-refractivity contribution in [2.75, 3.05) is 57.9 Å². The molecule has 0 unspecified atom stereocenters. The Labute approximate surface area is 221 Å². The maximum Gasteiger partial charge on any atom is 0.338 e. The maximum absolute atomic E-state index is 13.5. The van der Waals surface area contributed by atoms with Gasteiger partial charge in [0.2, 0.25) is 10.0 Å². The van der Waals surface area contributed by atoms with E-state index >= 15 is 0 Å². The van der Waals surface area contributed by atoms with Gasteiger partial charge in [0.15, 0.2) is 6.61 Å². The summed E-state index contributed by atoms with van der Waals surface area (Å²) in [4.78, 5) is 26.6. The van der Waals surface area contributed by atoms with E-state index in [1.54, 1.807) is 6.07 Å². The number of benzene rings is 2. The fourth-order valence-electron chi connectivity index (χ4n) is 4.30. The van der Waals surface area contributed by atoms with E-state index in [0.29, 0.717) is 31.3 Å². The van der Waals surface area contributed by atoms with Crippen LogP contribution in [0.25, 0.3) is 0 Å². The molecule has 0 radical (unpaired) electrons. The van der Waals surface area contributed by atoms with E-state index in [2.05, 4.69) is 10.2 Å². The molecule has 12 heteroatoms. The number of methoxy groups -OCH3 is 1. The summed E-state index contributed by atoms with van der Waals surface area (Å²) in [6.07, 6.45) is 1.80. The maximum atomic E-state index is 13.5. The van der Waals surface area contributed by atoms with Gasteiger partial charge in [0.1, 0.15) is 10.6 Å². The van der Waals surface area contributed by atoms with Gasteiger partial charge in [0.25, 0.3) is 5.91 Å². The second-order valence-electron chi connectivity index (χ2n) is 8.75. The van der Waals surface area contributed by atoms with Crippen LogP contribution in [0.1, 0.15) is 23.2 Å². The molecular weight excluding hydrogens is 522 g/mol. The molecule has 1 amide bonds. The number of nitrogens with one attached hydrogen (secondary N) is 1. The zero-order valence-electron chi connectivity index (χ0n) is 20.5. The summed E-state index contributed by atoms with van der Waals surface area (Å²) >= 11 is 6.09. The SMILES string of the molecule is COc1ccc(C(=O)OCC(=O)NC[C@@H]2CCCO2)cc1S(=O)(=O)N1CCN(c2cccc(Cl)c2)CC1. The van der Waals surface area contributed by atoms with E-state index in [1.807, 2.05) is 18.2 Å². The lowest BCUT2D eigenvalue weighted by atomic mass is 10.2. The number of carbonyl (C=O) groups excluding carboxylic acids is 2. The Morgan fingerprint density at radius 1 is 1.14 bits per heavy atom. The molecule has 4 rings (SSSR count). The predicted octanol–water partition coefficient (Wildman–Crippen LogP) is 2.31. The Bertz CT molecular complexity index is 1230. The lowest BCUT2D eigenvalue weighted by Crippen LogP contribution is -2.48. The fourth-order valence-corrected chi connectivity index (χ4v) is 6.09. The van der Waals surface area contributed by atoms with E-state index in [4.69, 9.17) is 25.8 Å². The Hall–Kier alpha value is -2.86. The van der Waals surface area contributed by atoms with Crippen LogP contribution in [0.3, 0.4) is 0 Å². The van der Waals surface area contributed by atoms with E-state index in [9.17, 15) is 18.0 Å². The van der Waals surface area contributed by atoms with Gasteiger partial charge in [-0.15, -0.1) is 0 Å². The number of hydrogen-bond donors (Lipinski definition) is 1. The van der Waals surface area contributed by atoms with Gasteiger partial charge >= 0.3 is 5.97 Å². The molecule has 2 aliphatic heterocycles. The molecule has 2 saturated heterocycles. The third-order valence-corrected chi connectivity index (χ3v) is 8.47. The van der Waals surface area contributed by atoms with Gasteiger partial charge in [-0.2, -0.15) is 4.31 Å². The highest BCUT2D eigenvalue weighted by Gasteiger charge is 2.32. The lowest BCUT2D eigenvalue weighted by molar-refractivity contribution is -0.124. The molecule has 2 fully saturated rings. The minimum absolute atomic E-state index is 0.00358. The summed E-state index contributed by atoms with van der Waals surface area (Å²) < 4.78 is 44.2. The third-order valence-electron chi connectivity index (χ3n) is 6.31. The predicted molar refractivity (Wildman–Crippen MR) is 138 cm³/mol. The van der Waals surface area contributed by atoms with Crippen molar-refractivity contribution < 1.29 is 32.2 Å². The zero-order chi connectivity index (χ0) is 26.4. The highest BCUT2D eigenvalue weighted by Crippen LogP contribution is 2.30. The molecule has 0 saturated carbocycles. The van der Waals surface area contributed by atoms with Crippen molar-refractivity contribution in [3.63, 3.8) is 0 Å². The number of esters is 1. The van der Waals surface area contributed by atoms with Gasteiger partial charge in [-0.25, -0.2) is 13.2 Å². The van der Waals surface area contributed by atoms with Gasteiger partial charge < -0.3 is 24.4 Å². The quantitative estimate of drug-likeness (QED) is 0.472. The second-order valence-corrected chi connectivity index (χ2v) is 11.1. The van der Waals surface area contributed by atoms with Gasteiger partial charge in [-0.05, 0) is 49.2 Å². The Morgan fingerprint density at radius 3 is 2.59 bits per heavy atom. The normalized spacial score (nSPS) is 18.4. The molecule has 1 N–H and O–H groups in total. The van der Waals surface area contributed by atoms with Crippen LogP contribution in [0.4, 0.5) is 5.69 Å². The molecule has 37 heavy (non-hydrogen) atoms. The minimum atomic E-state index is -3.97. The molecule has 0 bridgehead atoms. The van der Waals surface area contributed by atoms with Crippen LogP contribution in [0, 0.1) is 0 Å². The molecule has 0 aromatic heterocycles. The van der Waals surface area contributed by atoms with Crippen LogP contribution in [0.2, 0.25) is 5.02 Å². The number of ether oxygens (including phenoxy) is 3. The second kappa shape index (κ2) is 12.1. The van der Waals surface area contributed by atoms with Crippen molar-refractivity contribution >= 4 is 39.2 Å². The first-order chi connectivity index (χ1) is 17.8. The molecule has 0 aliphatic carbocycles. The number of carbonyl (C=O) groups is 2. The van der Waals surface area contributed by atoms with Crippen molar-refractivity contribution in [2.45, 2.75) is 23.8 Å². The van der Waals surface area contributed by atoms with E-state index in [0.717, 1.165) is 18.5 Å². The smallest absolute Gasteiger partial charge is 0.338 e. The Morgan fingerprint density at radius 2 is 1.92 bits per heavy atom. The Balaban J connectivity index is 1.39. The summed E-state index contributed by atoms with van der Waals surface area (Å²) in [7, 11) is -2.61. The van der Waals surface area contributed by atoms with Crippen LogP contribution in [0.5, 0.6) is 5.75 Å². The van der Waals surface area contributed by atoms with Crippen molar-refractivity contribution in [3.8, 4) is 5.75 Å². The van der Waals surface area contributed by atoms with Crippen molar-refractivity contribution in [3.05, 3.63) is 53.1 Å². The third kappa shape index (κ3) is 6.72. The topological polar surface area (TPSA) is 114 Å². The zero-order valence-corrected chi connectivity index (χ0v) is 22.1. The van der Waals surface area contributed by atoms with Crippen molar-refractivity contribution in [2.24, 2.45) is 0 Å². The van der Waals surface area contributed by atoms with Gasteiger partial charge in [0, 0.05) is 50.0 Å². The first-order valence-electron chi connectivity index (χ1n) is 12.0. The summed E-state index contributed by atoms with van der Waals surface area (Å²) in [6, 6.07) is 11.4. The number of hydrogen-bond acceptors (Lipinski definition) is 8. The fraction of sp³-hybridized carbons (Fsp3) is 0.440. The van der Waals surface area contributed by atoms with Crippen LogP contribution < -0.4 is 15.0 Å². The summed E-state index contributed by atoms with van der Waals surface area (Å²) in [6.45, 7) is 2.00. The van der Waals surface area contributed by atoms with E-state index in [1.165, 1.54) is 29.6 Å². The van der Waals surface area contributed by atoms with Crippen LogP contribution in [0.15, 0.2) is 47.4 Å². The van der Waals surface area contributed by atoms with Crippen LogP contribution in [-0.4, -0.2) is 83.8 Å².